The number of nitrogen functional groups attached to an aromatic ring is 1. The van der Waals surface area contributed by atoms with Gasteiger partial charge in [-0.25, -0.2) is 10.8 Å². The van der Waals surface area contributed by atoms with E-state index in [1.54, 1.807) is 12.4 Å². The molecule has 6 heteroatoms. The van der Waals surface area contributed by atoms with Crippen LogP contribution in [0.15, 0.2) is 12.4 Å². The predicted octanol–water partition coefficient (Wildman–Crippen LogP) is 0.357. The lowest BCUT2D eigenvalue weighted by Crippen LogP contribution is -2.35. The van der Waals surface area contributed by atoms with Gasteiger partial charge >= 0.3 is 0 Å². The molecule has 1 atom stereocenters. The molecule has 4 N–H and O–H groups in total. The normalized spacial score (nSPS) is 20.9. The Labute approximate surface area is 107 Å². The second-order valence-electron chi connectivity index (χ2n) is 4.79. The number of hydrogen-bond donors (Lipinski definition) is 3. The van der Waals surface area contributed by atoms with Gasteiger partial charge < -0.3 is 10.5 Å². The van der Waals surface area contributed by atoms with Crippen LogP contribution in [0.4, 0.5) is 5.82 Å². The Bertz CT molecular complexity index is 354. The lowest BCUT2D eigenvalue weighted by Gasteiger charge is -2.32. The topological polar surface area (TPSA) is 87.3 Å². The van der Waals surface area contributed by atoms with Crippen LogP contribution in [0.5, 0.6) is 0 Å². The van der Waals surface area contributed by atoms with Gasteiger partial charge in [-0.3, -0.25) is 9.88 Å². The van der Waals surface area contributed by atoms with Crippen LogP contribution < -0.4 is 11.3 Å². The molecule has 0 bridgehead atoms. The van der Waals surface area contributed by atoms with Gasteiger partial charge in [0.2, 0.25) is 0 Å². The van der Waals surface area contributed by atoms with Crippen LogP contribution in [0.1, 0.15) is 25.0 Å². The standard InChI is InChI=1S/C12H21N5O/c13-16-12-7-14-11(6-15-12)9-17-4-1-2-10(8-17)3-5-18/h6-7,10,18H,1-5,8-9,13H2,(H,15,16). The molecule has 1 saturated heterocycles. The summed E-state index contributed by atoms with van der Waals surface area (Å²) in [6.07, 6.45) is 6.72. The number of rotatable bonds is 5. The molecule has 0 aromatic carbocycles. The molecule has 1 aromatic rings. The highest BCUT2D eigenvalue weighted by Crippen LogP contribution is 2.20. The Morgan fingerprint density at radius 1 is 1.44 bits per heavy atom. The van der Waals surface area contributed by atoms with Crippen LogP contribution in [0, 0.1) is 5.92 Å². The van der Waals surface area contributed by atoms with E-state index in [-0.39, 0.29) is 6.61 Å². The quantitative estimate of drug-likeness (QED) is 0.517. The maximum absolute atomic E-state index is 8.99. The summed E-state index contributed by atoms with van der Waals surface area (Å²) in [5, 5.41) is 8.99. The Hall–Kier alpha value is -1.24. The van der Waals surface area contributed by atoms with Gasteiger partial charge in [0, 0.05) is 19.7 Å². The summed E-state index contributed by atoms with van der Waals surface area (Å²) in [7, 11) is 0. The fourth-order valence-corrected chi connectivity index (χ4v) is 2.45. The predicted molar refractivity (Wildman–Crippen MR) is 69.5 cm³/mol. The molecule has 1 fully saturated rings. The molecule has 6 nitrogen and oxygen atoms in total. The van der Waals surface area contributed by atoms with Gasteiger partial charge in [0.25, 0.3) is 0 Å². The third kappa shape index (κ3) is 3.63. The summed E-state index contributed by atoms with van der Waals surface area (Å²) < 4.78 is 0. The summed E-state index contributed by atoms with van der Waals surface area (Å²) in [4.78, 5) is 10.8. The lowest BCUT2D eigenvalue weighted by atomic mass is 9.95. The minimum Gasteiger partial charge on any atom is -0.396 e. The Kier molecular flexibility index (Phi) is 4.86. The monoisotopic (exact) mass is 251 g/mol. The smallest absolute Gasteiger partial charge is 0.158 e. The van der Waals surface area contributed by atoms with Crippen molar-refractivity contribution in [2.45, 2.75) is 25.8 Å². The van der Waals surface area contributed by atoms with Crippen molar-refractivity contribution in [3.63, 3.8) is 0 Å². The maximum atomic E-state index is 8.99. The molecule has 1 aromatic heterocycles. The van der Waals surface area contributed by atoms with Crippen LogP contribution in [-0.4, -0.2) is 39.7 Å². The van der Waals surface area contributed by atoms with Gasteiger partial charge in [-0.05, 0) is 31.7 Å². The first-order valence-corrected chi connectivity index (χ1v) is 6.42. The van der Waals surface area contributed by atoms with E-state index in [2.05, 4.69) is 20.3 Å². The van der Waals surface area contributed by atoms with E-state index in [9.17, 15) is 0 Å². The van der Waals surface area contributed by atoms with Crippen LogP contribution in [0.3, 0.4) is 0 Å². The Balaban J connectivity index is 1.87. The molecule has 2 heterocycles. The number of anilines is 1. The van der Waals surface area contributed by atoms with Gasteiger partial charge in [0.15, 0.2) is 5.82 Å². The second-order valence-corrected chi connectivity index (χ2v) is 4.79. The SMILES string of the molecule is NNc1cnc(CN2CCCC(CCO)C2)cn1. The van der Waals surface area contributed by atoms with Crippen molar-refractivity contribution in [1.29, 1.82) is 0 Å². The first kappa shape index (κ1) is 13.2. The minimum atomic E-state index is 0.287. The zero-order valence-electron chi connectivity index (χ0n) is 10.5. The van der Waals surface area contributed by atoms with Crippen molar-refractivity contribution in [2.75, 3.05) is 25.1 Å². The van der Waals surface area contributed by atoms with Crippen LogP contribution in [-0.2, 0) is 6.54 Å². The zero-order valence-corrected chi connectivity index (χ0v) is 10.5. The molecule has 1 aliphatic heterocycles. The van der Waals surface area contributed by atoms with E-state index in [1.165, 1.54) is 12.8 Å². The number of aromatic nitrogens is 2. The van der Waals surface area contributed by atoms with Crippen molar-refractivity contribution >= 4 is 5.82 Å². The number of nitrogens with zero attached hydrogens (tertiary/aromatic N) is 3. The van der Waals surface area contributed by atoms with Crippen LogP contribution in [0.2, 0.25) is 0 Å². The highest BCUT2D eigenvalue weighted by Gasteiger charge is 2.19. The third-order valence-corrected chi connectivity index (χ3v) is 3.38. The van der Waals surface area contributed by atoms with Crippen molar-refractivity contribution in [2.24, 2.45) is 11.8 Å². The summed E-state index contributed by atoms with van der Waals surface area (Å²) in [5.74, 6) is 6.44. The van der Waals surface area contributed by atoms with Gasteiger partial charge in [-0.2, -0.15) is 0 Å². The molecule has 1 unspecified atom stereocenters. The third-order valence-electron chi connectivity index (χ3n) is 3.38. The van der Waals surface area contributed by atoms with Gasteiger partial charge in [-0.15, -0.1) is 0 Å². The molecular formula is C12H21N5O. The lowest BCUT2D eigenvalue weighted by molar-refractivity contribution is 0.141. The summed E-state index contributed by atoms with van der Waals surface area (Å²) in [6.45, 7) is 3.24. The number of nitrogens with one attached hydrogen (secondary N) is 1. The van der Waals surface area contributed by atoms with Crippen molar-refractivity contribution in [1.82, 2.24) is 14.9 Å². The number of piperidine rings is 1. The number of likely N-dealkylation sites (tertiary alicyclic amines) is 1. The van der Waals surface area contributed by atoms with E-state index >= 15 is 0 Å². The van der Waals surface area contributed by atoms with Crippen molar-refractivity contribution in [3.8, 4) is 0 Å². The number of aliphatic hydroxyl groups excluding tert-OH is 1. The van der Waals surface area contributed by atoms with Gasteiger partial charge in [0.1, 0.15) is 0 Å². The molecular weight excluding hydrogens is 230 g/mol. The fraction of sp³-hybridized carbons (Fsp3) is 0.667. The van der Waals surface area contributed by atoms with E-state index in [1.807, 2.05) is 0 Å². The fourth-order valence-electron chi connectivity index (χ4n) is 2.45. The maximum Gasteiger partial charge on any atom is 0.158 e. The van der Waals surface area contributed by atoms with Crippen LogP contribution >= 0.6 is 0 Å². The molecule has 0 radical (unpaired) electrons. The van der Waals surface area contributed by atoms with Gasteiger partial charge in [0.05, 0.1) is 18.1 Å². The number of aliphatic hydroxyl groups is 1. The Morgan fingerprint density at radius 2 is 2.33 bits per heavy atom. The number of hydrazine groups is 1. The molecule has 18 heavy (non-hydrogen) atoms. The summed E-state index contributed by atoms with van der Waals surface area (Å²) in [6, 6.07) is 0. The first-order valence-electron chi connectivity index (χ1n) is 6.42. The van der Waals surface area contributed by atoms with E-state index < -0.39 is 0 Å². The van der Waals surface area contributed by atoms with Crippen molar-refractivity contribution < 1.29 is 5.11 Å². The molecule has 0 amide bonds. The summed E-state index contributed by atoms with van der Waals surface area (Å²) >= 11 is 0. The largest absolute Gasteiger partial charge is 0.396 e. The molecule has 2 rings (SSSR count). The number of nitrogens with two attached hydrogens (primary N) is 1. The van der Waals surface area contributed by atoms with Crippen LogP contribution in [0.25, 0.3) is 0 Å². The van der Waals surface area contributed by atoms with E-state index in [4.69, 9.17) is 10.9 Å². The Morgan fingerprint density at radius 3 is 3.00 bits per heavy atom. The summed E-state index contributed by atoms with van der Waals surface area (Å²) in [5.41, 5.74) is 3.42. The molecule has 0 aliphatic carbocycles. The zero-order chi connectivity index (χ0) is 12.8. The first-order chi connectivity index (χ1) is 8.81. The highest BCUT2D eigenvalue weighted by molar-refractivity contribution is 5.28. The second kappa shape index (κ2) is 6.63. The molecule has 0 saturated carbocycles. The van der Waals surface area contributed by atoms with E-state index in [0.717, 1.165) is 31.7 Å². The van der Waals surface area contributed by atoms with E-state index in [0.29, 0.717) is 11.7 Å². The molecule has 1 aliphatic rings. The number of hydrogen-bond acceptors (Lipinski definition) is 6. The average molecular weight is 251 g/mol. The van der Waals surface area contributed by atoms with Gasteiger partial charge in [-0.1, -0.05) is 0 Å². The van der Waals surface area contributed by atoms with Crippen molar-refractivity contribution in [3.05, 3.63) is 18.1 Å². The molecule has 100 valence electrons. The highest BCUT2D eigenvalue weighted by atomic mass is 16.3. The molecule has 0 spiro atoms. The average Bonchev–Trinajstić information content (AvgIpc) is 2.40. The minimum absolute atomic E-state index is 0.287.